The average Bonchev–Trinajstić information content (AvgIpc) is 3.25. The molecule has 0 radical (unpaired) electrons. The molecule has 1 heterocycles. The predicted octanol–water partition coefficient (Wildman–Crippen LogP) is 3.81. The third-order valence-corrected chi connectivity index (χ3v) is 4.95. The van der Waals surface area contributed by atoms with Crippen LogP contribution in [0.4, 0.5) is 0 Å². The Labute approximate surface area is 142 Å². The van der Waals surface area contributed by atoms with Gasteiger partial charge in [0.2, 0.25) is 0 Å². The number of aliphatic imine (C=N–C) groups is 1. The lowest BCUT2D eigenvalue weighted by Crippen LogP contribution is -2.42. The van der Waals surface area contributed by atoms with Crippen LogP contribution in [0.1, 0.15) is 38.3 Å². The zero-order chi connectivity index (χ0) is 15.9. The summed E-state index contributed by atoms with van der Waals surface area (Å²) in [5.74, 6) is 0.911. The number of benzene rings is 1. The molecule has 2 aromatic rings. The maximum Gasteiger partial charge on any atom is 0.191 e. The van der Waals surface area contributed by atoms with E-state index in [1.54, 1.807) is 11.3 Å². The third kappa shape index (κ3) is 4.55. The van der Waals surface area contributed by atoms with Gasteiger partial charge in [0.15, 0.2) is 5.96 Å². The summed E-state index contributed by atoms with van der Waals surface area (Å²) in [5.41, 5.74) is 2.20. The molecule has 0 bridgehead atoms. The molecule has 5 heteroatoms. The van der Waals surface area contributed by atoms with Gasteiger partial charge in [0.05, 0.1) is 12.2 Å². The number of nitrogens with zero attached hydrogens (tertiary/aromatic N) is 2. The average molecular weight is 328 g/mol. The van der Waals surface area contributed by atoms with Crippen LogP contribution < -0.4 is 10.6 Å². The highest BCUT2D eigenvalue weighted by atomic mass is 32.1. The van der Waals surface area contributed by atoms with Crippen LogP contribution in [0.5, 0.6) is 0 Å². The molecule has 2 N–H and O–H groups in total. The zero-order valence-electron chi connectivity index (χ0n) is 13.6. The van der Waals surface area contributed by atoms with Crippen LogP contribution >= 0.6 is 11.3 Å². The monoisotopic (exact) mass is 328 g/mol. The molecule has 23 heavy (non-hydrogen) atoms. The van der Waals surface area contributed by atoms with Crippen molar-refractivity contribution in [3.05, 3.63) is 41.4 Å². The van der Waals surface area contributed by atoms with E-state index < -0.39 is 0 Å². The standard InChI is InChI=1S/C18H24N4S/c1-2-19-18(22-15-10-6-7-11-15)20-12-16-13-23-17(21-16)14-8-4-3-5-9-14/h3-5,8-9,13,15H,2,6-7,10-12H2,1H3,(H2,19,20,22). The molecule has 0 amide bonds. The number of aromatic nitrogens is 1. The zero-order valence-corrected chi connectivity index (χ0v) is 14.4. The normalized spacial score (nSPS) is 15.8. The van der Waals surface area contributed by atoms with Gasteiger partial charge < -0.3 is 10.6 Å². The minimum absolute atomic E-state index is 0.572. The van der Waals surface area contributed by atoms with Crippen molar-refractivity contribution in [1.29, 1.82) is 0 Å². The highest BCUT2D eigenvalue weighted by Crippen LogP contribution is 2.23. The molecule has 1 aliphatic rings. The maximum atomic E-state index is 4.70. The van der Waals surface area contributed by atoms with Gasteiger partial charge in [0.1, 0.15) is 5.01 Å². The largest absolute Gasteiger partial charge is 0.357 e. The third-order valence-electron chi connectivity index (χ3n) is 4.01. The molecule has 0 unspecified atom stereocenters. The van der Waals surface area contributed by atoms with Gasteiger partial charge in [-0.15, -0.1) is 11.3 Å². The van der Waals surface area contributed by atoms with Crippen molar-refractivity contribution in [3.63, 3.8) is 0 Å². The number of rotatable bonds is 5. The second-order valence-electron chi connectivity index (χ2n) is 5.83. The van der Waals surface area contributed by atoms with Crippen molar-refractivity contribution in [2.75, 3.05) is 6.54 Å². The lowest BCUT2D eigenvalue weighted by Gasteiger charge is -2.16. The molecule has 122 valence electrons. The summed E-state index contributed by atoms with van der Waals surface area (Å²) >= 11 is 1.68. The van der Waals surface area contributed by atoms with Crippen molar-refractivity contribution in [3.8, 4) is 10.6 Å². The van der Waals surface area contributed by atoms with E-state index in [1.807, 2.05) is 18.2 Å². The number of nitrogens with one attached hydrogen (secondary N) is 2. The van der Waals surface area contributed by atoms with Gasteiger partial charge in [0, 0.05) is 23.5 Å². The minimum atomic E-state index is 0.572. The Morgan fingerprint density at radius 2 is 2.04 bits per heavy atom. The summed E-state index contributed by atoms with van der Waals surface area (Å²) in [6.07, 6.45) is 5.14. The summed E-state index contributed by atoms with van der Waals surface area (Å²) in [5, 5.41) is 10.0. The second-order valence-corrected chi connectivity index (χ2v) is 6.69. The van der Waals surface area contributed by atoms with Crippen molar-refractivity contribution in [2.24, 2.45) is 4.99 Å². The van der Waals surface area contributed by atoms with Crippen LogP contribution in [-0.2, 0) is 6.54 Å². The van der Waals surface area contributed by atoms with Crippen LogP contribution in [-0.4, -0.2) is 23.5 Å². The van der Waals surface area contributed by atoms with Crippen LogP contribution in [0.25, 0.3) is 10.6 Å². The first-order valence-corrected chi connectivity index (χ1v) is 9.28. The molecule has 4 nitrogen and oxygen atoms in total. The molecule has 3 rings (SSSR count). The molecule has 0 saturated heterocycles. The van der Waals surface area contributed by atoms with Crippen LogP contribution in [0, 0.1) is 0 Å². The smallest absolute Gasteiger partial charge is 0.191 e. The Morgan fingerprint density at radius 3 is 2.78 bits per heavy atom. The molecule has 0 aliphatic heterocycles. The van der Waals surface area contributed by atoms with E-state index in [9.17, 15) is 0 Å². The first-order chi connectivity index (χ1) is 11.3. The van der Waals surface area contributed by atoms with Crippen molar-refractivity contribution < 1.29 is 0 Å². The SMILES string of the molecule is CCNC(=NCc1csc(-c2ccccc2)n1)NC1CCCC1. The van der Waals surface area contributed by atoms with Crippen molar-refractivity contribution >= 4 is 17.3 Å². The van der Waals surface area contributed by atoms with E-state index in [1.165, 1.54) is 31.2 Å². The molecular weight excluding hydrogens is 304 g/mol. The Hall–Kier alpha value is -1.88. The number of hydrogen-bond donors (Lipinski definition) is 2. The fraction of sp³-hybridized carbons (Fsp3) is 0.444. The topological polar surface area (TPSA) is 49.3 Å². The van der Waals surface area contributed by atoms with Gasteiger partial charge in [-0.3, -0.25) is 0 Å². The Balaban J connectivity index is 1.63. The van der Waals surface area contributed by atoms with Crippen LogP contribution in [0.2, 0.25) is 0 Å². The second kappa shape index (κ2) is 8.11. The molecule has 1 aromatic heterocycles. The minimum Gasteiger partial charge on any atom is -0.357 e. The number of thiazole rings is 1. The predicted molar refractivity (Wildman–Crippen MR) is 97.8 cm³/mol. The Bertz CT molecular complexity index is 629. The Kier molecular flexibility index (Phi) is 5.64. The Morgan fingerprint density at radius 1 is 1.26 bits per heavy atom. The van der Waals surface area contributed by atoms with Crippen molar-refractivity contribution in [1.82, 2.24) is 15.6 Å². The maximum absolute atomic E-state index is 4.70. The fourth-order valence-corrected chi connectivity index (χ4v) is 3.65. The summed E-state index contributed by atoms with van der Waals surface area (Å²) in [4.78, 5) is 9.39. The first kappa shape index (κ1) is 16.0. The molecule has 1 aromatic carbocycles. The summed E-state index contributed by atoms with van der Waals surface area (Å²) in [6.45, 7) is 3.60. The summed E-state index contributed by atoms with van der Waals surface area (Å²) < 4.78 is 0. The summed E-state index contributed by atoms with van der Waals surface area (Å²) in [6, 6.07) is 10.9. The van der Waals surface area contributed by atoms with Crippen LogP contribution in [0.15, 0.2) is 40.7 Å². The van der Waals surface area contributed by atoms with Gasteiger partial charge >= 0.3 is 0 Å². The van der Waals surface area contributed by atoms with Gasteiger partial charge in [-0.05, 0) is 19.8 Å². The van der Waals surface area contributed by atoms with E-state index in [0.29, 0.717) is 12.6 Å². The van der Waals surface area contributed by atoms with Gasteiger partial charge in [0.25, 0.3) is 0 Å². The lowest BCUT2D eigenvalue weighted by molar-refractivity contribution is 0.613. The van der Waals surface area contributed by atoms with E-state index in [-0.39, 0.29) is 0 Å². The molecular formula is C18H24N4S. The molecule has 0 spiro atoms. The molecule has 1 fully saturated rings. The van der Waals surface area contributed by atoms with Crippen molar-refractivity contribution in [2.45, 2.75) is 45.2 Å². The fourth-order valence-electron chi connectivity index (χ4n) is 2.84. The first-order valence-electron chi connectivity index (χ1n) is 8.40. The quantitative estimate of drug-likeness (QED) is 0.648. The number of guanidine groups is 1. The van der Waals surface area contributed by atoms with Gasteiger partial charge in [-0.25, -0.2) is 9.98 Å². The van der Waals surface area contributed by atoms with E-state index in [0.717, 1.165) is 23.2 Å². The van der Waals surface area contributed by atoms with Gasteiger partial charge in [-0.1, -0.05) is 43.2 Å². The van der Waals surface area contributed by atoms with Crippen LogP contribution in [0.3, 0.4) is 0 Å². The van der Waals surface area contributed by atoms with E-state index >= 15 is 0 Å². The molecule has 0 atom stereocenters. The highest BCUT2D eigenvalue weighted by molar-refractivity contribution is 7.13. The highest BCUT2D eigenvalue weighted by Gasteiger charge is 2.15. The lowest BCUT2D eigenvalue weighted by atomic mass is 10.2. The summed E-state index contributed by atoms with van der Waals surface area (Å²) in [7, 11) is 0. The number of hydrogen-bond acceptors (Lipinski definition) is 3. The van der Waals surface area contributed by atoms with E-state index in [2.05, 4.69) is 35.1 Å². The molecule has 1 saturated carbocycles. The van der Waals surface area contributed by atoms with E-state index in [4.69, 9.17) is 9.98 Å². The molecule has 1 aliphatic carbocycles. The van der Waals surface area contributed by atoms with Gasteiger partial charge in [-0.2, -0.15) is 0 Å².